The minimum absolute atomic E-state index is 0.0174. The molecule has 0 atom stereocenters. The summed E-state index contributed by atoms with van der Waals surface area (Å²) >= 11 is 5.88. The minimum atomic E-state index is -3.64. The number of nitrogens with two attached hydrogens (primary N) is 1. The van der Waals surface area contributed by atoms with Crippen LogP contribution in [0.4, 0.5) is 5.69 Å². The van der Waals surface area contributed by atoms with Gasteiger partial charge in [-0.3, -0.25) is 4.68 Å². The number of nitrogens with one attached hydrogen (secondary N) is 1. The Morgan fingerprint density at radius 2 is 2.21 bits per heavy atom. The van der Waals surface area contributed by atoms with Gasteiger partial charge in [-0.05, 0) is 24.3 Å². The molecule has 0 radical (unpaired) electrons. The van der Waals surface area contributed by atoms with Gasteiger partial charge in [-0.2, -0.15) is 5.10 Å². The van der Waals surface area contributed by atoms with Gasteiger partial charge in [0, 0.05) is 24.6 Å². The summed E-state index contributed by atoms with van der Waals surface area (Å²) in [4.78, 5) is 0.0174. The highest BCUT2D eigenvalue weighted by atomic mass is 35.5. The second kappa shape index (κ2) is 5.60. The quantitative estimate of drug-likeness (QED) is 0.809. The third kappa shape index (κ3) is 3.46. The van der Waals surface area contributed by atoms with E-state index in [0.717, 1.165) is 0 Å². The number of aromatic nitrogens is 2. The van der Waals surface area contributed by atoms with Gasteiger partial charge in [0.1, 0.15) is 4.90 Å². The predicted molar refractivity (Wildman–Crippen MR) is 73.3 cm³/mol. The van der Waals surface area contributed by atoms with Gasteiger partial charge < -0.3 is 5.73 Å². The SMILES string of the molecule is Nc1ccc(S(=O)(=O)NCCn2cccn2)c(Cl)c1. The van der Waals surface area contributed by atoms with Crippen molar-refractivity contribution in [2.24, 2.45) is 0 Å². The smallest absolute Gasteiger partial charge is 0.242 e. The maximum atomic E-state index is 12.0. The lowest BCUT2D eigenvalue weighted by Gasteiger charge is -2.08. The normalized spacial score (nSPS) is 11.6. The van der Waals surface area contributed by atoms with Crippen molar-refractivity contribution in [1.29, 1.82) is 0 Å². The average molecular weight is 301 g/mol. The fraction of sp³-hybridized carbons (Fsp3) is 0.182. The number of benzene rings is 1. The van der Waals surface area contributed by atoms with Crippen LogP contribution in [-0.2, 0) is 16.6 Å². The predicted octanol–water partition coefficient (Wildman–Crippen LogP) is 1.10. The van der Waals surface area contributed by atoms with E-state index < -0.39 is 10.0 Å². The first kappa shape index (κ1) is 13.9. The molecule has 1 heterocycles. The Bertz CT molecular complexity index is 655. The van der Waals surface area contributed by atoms with Crippen molar-refractivity contribution >= 4 is 27.3 Å². The Labute approximate surface area is 116 Å². The molecule has 2 rings (SSSR count). The van der Waals surface area contributed by atoms with Crippen LogP contribution >= 0.6 is 11.6 Å². The van der Waals surface area contributed by atoms with E-state index in [1.54, 1.807) is 23.1 Å². The molecular weight excluding hydrogens is 288 g/mol. The highest BCUT2D eigenvalue weighted by Gasteiger charge is 2.17. The van der Waals surface area contributed by atoms with Gasteiger partial charge in [0.25, 0.3) is 0 Å². The van der Waals surface area contributed by atoms with Crippen LogP contribution < -0.4 is 10.5 Å². The van der Waals surface area contributed by atoms with Gasteiger partial charge in [-0.1, -0.05) is 11.6 Å². The van der Waals surface area contributed by atoms with Crippen molar-refractivity contribution in [2.45, 2.75) is 11.4 Å². The fourth-order valence-electron chi connectivity index (χ4n) is 1.54. The highest BCUT2D eigenvalue weighted by Crippen LogP contribution is 2.23. The number of rotatable bonds is 5. The zero-order valence-electron chi connectivity index (χ0n) is 9.95. The van der Waals surface area contributed by atoms with Crippen LogP contribution in [0.5, 0.6) is 0 Å². The zero-order chi connectivity index (χ0) is 13.9. The first-order chi connectivity index (χ1) is 8.99. The maximum absolute atomic E-state index is 12.0. The molecule has 0 spiro atoms. The number of halogens is 1. The molecule has 0 fully saturated rings. The molecule has 0 amide bonds. The van der Waals surface area contributed by atoms with E-state index in [9.17, 15) is 8.42 Å². The van der Waals surface area contributed by atoms with Crippen molar-refractivity contribution in [1.82, 2.24) is 14.5 Å². The van der Waals surface area contributed by atoms with Crippen LogP contribution in [0.2, 0.25) is 5.02 Å². The summed E-state index contributed by atoms with van der Waals surface area (Å²) in [6.07, 6.45) is 3.38. The summed E-state index contributed by atoms with van der Waals surface area (Å²) < 4.78 is 28.1. The number of hydrogen-bond donors (Lipinski definition) is 2. The van der Waals surface area contributed by atoms with E-state index in [2.05, 4.69) is 9.82 Å². The Morgan fingerprint density at radius 1 is 1.42 bits per heavy atom. The van der Waals surface area contributed by atoms with Crippen molar-refractivity contribution in [3.63, 3.8) is 0 Å². The molecule has 1 aromatic carbocycles. The highest BCUT2D eigenvalue weighted by molar-refractivity contribution is 7.89. The van der Waals surface area contributed by atoms with Crippen molar-refractivity contribution < 1.29 is 8.42 Å². The summed E-state index contributed by atoms with van der Waals surface area (Å²) in [5.41, 5.74) is 5.94. The van der Waals surface area contributed by atoms with E-state index in [1.807, 2.05) is 0 Å². The van der Waals surface area contributed by atoms with Gasteiger partial charge in [-0.25, -0.2) is 13.1 Å². The summed E-state index contributed by atoms with van der Waals surface area (Å²) in [5.74, 6) is 0. The zero-order valence-corrected chi connectivity index (χ0v) is 11.5. The fourth-order valence-corrected chi connectivity index (χ4v) is 3.11. The van der Waals surface area contributed by atoms with Crippen LogP contribution in [0, 0.1) is 0 Å². The molecule has 8 heteroatoms. The molecule has 0 bridgehead atoms. The Morgan fingerprint density at radius 3 is 2.84 bits per heavy atom. The van der Waals surface area contributed by atoms with Crippen LogP contribution in [0.25, 0.3) is 0 Å². The first-order valence-corrected chi connectivity index (χ1v) is 7.37. The second-order valence-electron chi connectivity index (χ2n) is 3.86. The summed E-state index contributed by atoms with van der Waals surface area (Å²) in [6, 6.07) is 6.05. The third-order valence-corrected chi connectivity index (χ3v) is 4.38. The number of anilines is 1. The van der Waals surface area contributed by atoms with E-state index in [-0.39, 0.29) is 16.5 Å². The number of sulfonamides is 1. The first-order valence-electron chi connectivity index (χ1n) is 5.51. The molecule has 0 aliphatic carbocycles. The van der Waals surface area contributed by atoms with Gasteiger partial charge in [0.2, 0.25) is 10.0 Å². The number of nitrogens with zero attached hydrogens (tertiary/aromatic N) is 2. The van der Waals surface area contributed by atoms with Crippen LogP contribution in [0.15, 0.2) is 41.6 Å². The lowest BCUT2D eigenvalue weighted by Crippen LogP contribution is -2.27. The van der Waals surface area contributed by atoms with E-state index >= 15 is 0 Å². The summed E-state index contributed by atoms with van der Waals surface area (Å²) in [6.45, 7) is 0.670. The third-order valence-electron chi connectivity index (χ3n) is 2.44. The minimum Gasteiger partial charge on any atom is -0.399 e. The van der Waals surface area contributed by atoms with Crippen LogP contribution in [-0.4, -0.2) is 24.7 Å². The largest absolute Gasteiger partial charge is 0.399 e. The van der Waals surface area contributed by atoms with E-state index in [1.165, 1.54) is 18.2 Å². The van der Waals surface area contributed by atoms with Crippen LogP contribution in [0.1, 0.15) is 0 Å². The lowest BCUT2D eigenvalue weighted by molar-refractivity contribution is 0.561. The molecule has 0 saturated carbocycles. The van der Waals surface area contributed by atoms with Gasteiger partial charge in [-0.15, -0.1) is 0 Å². The second-order valence-corrected chi connectivity index (χ2v) is 6.00. The lowest BCUT2D eigenvalue weighted by atomic mass is 10.3. The van der Waals surface area contributed by atoms with Gasteiger partial charge in [0.05, 0.1) is 11.6 Å². The molecule has 0 aliphatic rings. The molecule has 19 heavy (non-hydrogen) atoms. The monoisotopic (exact) mass is 300 g/mol. The molecule has 2 aromatic rings. The number of hydrogen-bond acceptors (Lipinski definition) is 4. The van der Waals surface area contributed by atoms with Crippen molar-refractivity contribution in [3.8, 4) is 0 Å². The topological polar surface area (TPSA) is 90.0 Å². The number of nitrogen functional groups attached to an aromatic ring is 1. The van der Waals surface area contributed by atoms with Crippen LogP contribution in [0.3, 0.4) is 0 Å². The summed E-state index contributed by atoms with van der Waals surface area (Å²) in [7, 11) is -3.64. The summed E-state index contributed by atoms with van der Waals surface area (Å²) in [5, 5.41) is 4.08. The van der Waals surface area contributed by atoms with E-state index in [0.29, 0.717) is 12.2 Å². The molecule has 0 aliphatic heterocycles. The molecule has 0 saturated heterocycles. The Hall–Kier alpha value is -1.57. The average Bonchev–Trinajstić information content (AvgIpc) is 2.81. The standard InChI is InChI=1S/C11H13ClN4O2S/c12-10-8-9(13)2-3-11(10)19(17,18)15-5-7-16-6-1-4-14-16/h1-4,6,8,15H,5,7,13H2. The van der Waals surface area contributed by atoms with Gasteiger partial charge >= 0.3 is 0 Å². The molecular formula is C11H13ClN4O2S. The molecule has 102 valence electrons. The van der Waals surface area contributed by atoms with E-state index in [4.69, 9.17) is 17.3 Å². The molecule has 6 nitrogen and oxygen atoms in total. The Balaban J connectivity index is 2.05. The molecule has 0 unspecified atom stereocenters. The van der Waals surface area contributed by atoms with Gasteiger partial charge in [0.15, 0.2) is 0 Å². The van der Waals surface area contributed by atoms with Crippen molar-refractivity contribution in [3.05, 3.63) is 41.7 Å². The van der Waals surface area contributed by atoms with Crippen molar-refractivity contribution in [2.75, 3.05) is 12.3 Å². The maximum Gasteiger partial charge on any atom is 0.242 e. The molecule has 3 N–H and O–H groups in total. The Kier molecular flexibility index (Phi) is 4.08. The molecule has 1 aromatic heterocycles.